The Hall–Kier alpha value is -2.48. The number of para-hydroxylation sites is 1. The van der Waals surface area contributed by atoms with Crippen LogP contribution in [0.25, 0.3) is 0 Å². The maximum atomic E-state index is 13.8. The van der Waals surface area contributed by atoms with E-state index in [9.17, 15) is 9.18 Å². The van der Waals surface area contributed by atoms with Crippen molar-refractivity contribution in [1.82, 2.24) is 20.4 Å². The lowest BCUT2D eigenvalue weighted by Gasteiger charge is -2.23. The summed E-state index contributed by atoms with van der Waals surface area (Å²) in [4.78, 5) is 13.2. The van der Waals surface area contributed by atoms with E-state index in [4.69, 9.17) is 5.84 Å². The quantitative estimate of drug-likeness (QED) is 0.461. The second-order valence-electron chi connectivity index (χ2n) is 4.37. The molecule has 0 spiro atoms. The van der Waals surface area contributed by atoms with Gasteiger partial charge in [0, 0.05) is 13.1 Å². The molecule has 0 saturated heterocycles. The summed E-state index contributed by atoms with van der Waals surface area (Å²) < 4.78 is 15.3. The third-order valence-electron chi connectivity index (χ3n) is 3.08. The molecule has 0 aliphatic heterocycles. The van der Waals surface area contributed by atoms with Gasteiger partial charge in [0.05, 0.1) is 18.4 Å². The molecule has 0 aliphatic rings. The van der Waals surface area contributed by atoms with Crippen LogP contribution in [-0.2, 0) is 6.54 Å². The summed E-state index contributed by atoms with van der Waals surface area (Å²) in [6.45, 7) is 3.63. The van der Waals surface area contributed by atoms with Crippen molar-refractivity contribution in [3.63, 3.8) is 0 Å². The first-order valence-corrected chi connectivity index (χ1v) is 6.56. The molecule has 0 aliphatic carbocycles. The van der Waals surface area contributed by atoms with E-state index < -0.39 is 5.91 Å². The molecule has 0 atom stereocenters. The molecule has 1 heterocycles. The SMILES string of the molecule is CCN(CCn1cc(C(=O)NN)nn1)c1ccccc1F. The van der Waals surface area contributed by atoms with Crippen LogP contribution >= 0.6 is 0 Å². The van der Waals surface area contributed by atoms with Gasteiger partial charge in [-0.3, -0.25) is 10.2 Å². The highest BCUT2D eigenvalue weighted by Gasteiger charge is 2.11. The maximum absolute atomic E-state index is 13.8. The minimum absolute atomic E-state index is 0.145. The molecule has 0 radical (unpaired) electrons. The molecule has 8 heteroatoms. The fourth-order valence-corrected chi connectivity index (χ4v) is 1.97. The number of nitrogens with one attached hydrogen (secondary N) is 1. The Morgan fingerprint density at radius 1 is 1.48 bits per heavy atom. The normalized spacial score (nSPS) is 10.4. The highest BCUT2D eigenvalue weighted by atomic mass is 19.1. The summed E-state index contributed by atoms with van der Waals surface area (Å²) in [6.07, 6.45) is 1.50. The Bertz CT molecular complexity index is 614. The van der Waals surface area contributed by atoms with Gasteiger partial charge in [-0.15, -0.1) is 5.10 Å². The number of nitrogens with zero attached hydrogens (tertiary/aromatic N) is 4. The van der Waals surface area contributed by atoms with Crippen LogP contribution in [-0.4, -0.2) is 34.0 Å². The number of nitrogen functional groups attached to an aromatic ring is 1. The Morgan fingerprint density at radius 3 is 2.90 bits per heavy atom. The average molecular weight is 292 g/mol. The number of benzene rings is 1. The van der Waals surface area contributed by atoms with Gasteiger partial charge in [-0.1, -0.05) is 17.3 Å². The monoisotopic (exact) mass is 292 g/mol. The van der Waals surface area contributed by atoms with Gasteiger partial charge in [0.2, 0.25) is 0 Å². The van der Waals surface area contributed by atoms with Crippen LogP contribution in [0.15, 0.2) is 30.5 Å². The molecule has 3 N–H and O–H groups in total. The lowest BCUT2D eigenvalue weighted by molar-refractivity contribution is 0.0948. The molecule has 7 nitrogen and oxygen atoms in total. The van der Waals surface area contributed by atoms with Crippen molar-refractivity contribution in [2.75, 3.05) is 18.0 Å². The van der Waals surface area contributed by atoms with Gasteiger partial charge in [-0.05, 0) is 19.1 Å². The van der Waals surface area contributed by atoms with Gasteiger partial charge in [-0.2, -0.15) is 0 Å². The number of hydrogen-bond donors (Lipinski definition) is 2. The molecule has 0 bridgehead atoms. The fraction of sp³-hybridized carbons (Fsp3) is 0.308. The van der Waals surface area contributed by atoms with Crippen molar-refractivity contribution in [3.8, 4) is 0 Å². The summed E-state index contributed by atoms with van der Waals surface area (Å²) >= 11 is 0. The average Bonchev–Trinajstić information content (AvgIpc) is 2.97. The van der Waals surface area contributed by atoms with Crippen LogP contribution < -0.4 is 16.2 Å². The van der Waals surface area contributed by atoms with Gasteiger partial charge in [-0.25, -0.2) is 14.9 Å². The molecule has 0 unspecified atom stereocenters. The second kappa shape index (κ2) is 6.80. The number of anilines is 1. The number of amides is 1. The number of nitrogens with two attached hydrogens (primary N) is 1. The largest absolute Gasteiger partial charge is 0.368 e. The van der Waals surface area contributed by atoms with Gasteiger partial charge >= 0.3 is 0 Å². The number of likely N-dealkylation sites (N-methyl/N-ethyl adjacent to an activating group) is 1. The standard InChI is InChI=1S/C13H17FN6O/c1-2-19(12-6-4-3-5-10(12)14)7-8-20-9-11(17-18-20)13(21)16-15/h3-6,9H,2,7-8,15H2,1H3,(H,16,21). The predicted molar refractivity (Wildman–Crippen MR) is 76.0 cm³/mol. The zero-order chi connectivity index (χ0) is 15.2. The number of aromatic nitrogens is 3. The number of hydrazine groups is 1. The number of rotatable bonds is 6. The van der Waals surface area contributed by atoms with Crippen LogP contribution in [0.1, 0.15) is 17.4 Å². The van der Waals surface area contributed by atoms with E-state index in [-0.39, 0.29) is 11.5 Å². The van der Waals surface area contributed by atoms with E-state index in [1.807, 2.05) is 17.2 Å². The van der Waals surface area contributed by atoms with E-state index in [0.29, 0.717) is 25.3 Å². The fourth-order valence-electron chi connectivity index (χ4n) is 1.97. The molecule has 1 aromatic heterocycles. The van der Waals surface area contributed by atoms with Crippen molar-refractivity contribution < 1.29 is 9.18 Å². The molecule has 112 valence electrons. The first-order chi connectivity index (χ1) is 10.2. The maximum Gasteiger partial charge on any atom is 0.287 e. The lowest BCUT2D eigenvalue weighted by Crippen LogP contribution is -2.30. The van der Waals surface area contributed by atoms with Crippen LogP contribution in [0, 0.1) is 5.82 Å². The topological polar surface area (TPSA) is 89.1 Å². The van der Waals surface area contributed by atoms with E-state index in [0.717, 1.165) is 0 Å². The van der Waals surface area contributed by atoms with E-state index >= 15 is 0 Å². The molecule has 21 heavy (non-hydrogen) atoms. The van der Waals surface area contributed by atoms with E-state index in [1.165, 1.54) is 16.9 Å². The summed E-state index contributed by atoms with van der Waals surface area (Å²) in [5.41, 5.74) is 2.68. The molecular formula is C13H17FN6O. The summed E-state index contributed by atoms with van der Waals surface area (Å²) in [5.74, 6) is 4.26. The van der Waals surface area contributed by atoms with Gasteiger partial charge < -0.3 is 4.90 Å². The minimum atomic E-state index is -0.497. The molecular weight excluding hydrogens is 275 g/mol. The Morgan fingerprint density at radius 2 is 2.24 bits per heavy atom. The van der Waals surface area contributed by atoms with Crippen molar-refractivity contribution in [2.24, 2.45) is 5.84 Å². The first kappa shape index (κ1) is 14.9. The van der Waals surface area contributed by atoms with Crippen molar-refractivity contribution in [1.29, 1.82) is 0 Å². The van der Waals surface area contributed by atoms with Crippen molar-refractivity contribution in [3.05, 3.63) is 42.0 Å². The minimum Gasteiger partial charge on any atom is -0.368 e. The second-order valence-corrected chi connectivity index (χ2v) is 4.37. The van der Waals surface area contributed by atoms with Gasteiger partial charge in [0.15, 0.2) is 5.69 Å². The van der Waals surface area contributed by atoms with Crippen molar-refractivity contribution >= 4 is 11.6 Å². The van der Waals surface area contributed by atoms with Crippen LogP contribution in [0.3, 0.4) is 0 Å². The molecule has 0 fully saturated rings. The summed E-state index contributed by atoms with van der Waals surface area (Å²) in [7, 11) is 0. The molecule has 0 saturated carbocycles. The third-order valence-corrected chi connectivity index (χ3v) is 3.08. The van der Waals surface area contributed by atoms with Crippen LogP contribution in [0.4, 0.5) is 10.1 Å². The van der Waals surface area contributed by atoms with Crippen LogP contribution in [0.2, 0.25) is 0 Å². The number of hydrogen-bond acceptors (Lipinski definition) is 5. The van der Waals surface area contributed by atoms with Crippen molar-refractivity contribution in [2.45, 2.75) is 13.5 Å². The molecule has 2 aromatic rings. The molecule has 1 aromatic carbocycles. The molecule has 1 amide bonds. The number of carbonyl (C=O) groups excluding carboxylic acids is 1. The van der Waals surface area contributed by atoms with Gasteiger partial charge in [0.1, 0.15) is 5.82 Å². The Balaban J connectivity index is 2.02. The zero-order valence-corrected chi connectivity index (χ0v) is 11.7. The Labute approximate surface area is 121 Å². The van der Waals surface area contributed by atoms with E-state index in [2.05, 4.69) is 10.3 Å². The highest BCUT2D eigenvalue weighted by Crippen LogP contribution is 2.18. The van der Waals surface area contributed by atoms with Gasteiger partial charge in [0.25, 0.3) is 5.91 Å². The van der Waals surface area contributed by atoms with E-state index in [1.54, 1.807) is 18.2 Å². The smallest absolute Gasteiger partial charge is 0.287 e. The van der Waals surface area contributed by atoms with Crippen LogP contribution in [0.5, 0.6) is 0 Å². The number of carbonyl (C=O) groups is 1. The zero-order valence-electron chi connectivity index (χ0n) is 11.7. The predicted octanol–water partition coefficient (Wildman–Crippen LogP) is 0.547. The lowest BCUT2D eigenvalue weighted by atomic mass is 10.2. The summed E-state index contributed by atoms with van der Waals surface area (Å²) in [6, 6.07) is 6.60. The third kappa shape index (κ3) is 3.54. The molecule has 2 rings (SSSR count). The first-order valence-electron chi connectivity index (χ1n) is 6.56. The number of halogens is 1. The summed E-state index contributed by atoms with van der Waals surface area (Å²) in [5, 5.41) is 7.55. The Kier molecular flexibility index (Phi) is 4.83. The highest BCUT2D eigenvalue weighted by molar-refractivity contribution is 5.91.